The predicted molar refractivity (Wildman–Crippen MR) is 102 cm³/mol. The van der Waals surface area contributed by atoms with Gasteiger partial charge in [0.1, 0.15) is 6.73 Å². The monoisotopic (exact) mass is 396 g/mol. The van der Waals surface area contributed by atoms with Gasteiger partial charge in [-0.05, 0) is 30.7 Å². The van der Waals surface area contributed by atoms with Crippen molar-refractivity contribution >= 4 is 41.0 Å². The Morgan fingerprint density at radius 3 is 2.87 bits per heavy atom. The lowest BCUT2D eigenvalue weighted by molar-refractivity contribution is 0.0905. The van der Waals surface area contributed by atoms with E-state index in [9.17, 15) is 0 Å². The molecule has 2 aromatic rings. The van der Waals surface area contributed by atoms with Gasteiger partial charge in [-0.15, -0.1) is 0 Å². The average molecular weight is 397 g/mol. The zero-order chi connectivity index (χ0) is 16.4. The molecule has 0 saturated carbocycles. The van der Waals surface area contributed by atoms with Crippen LogP contribution in [0.25, 0.3) is 11.0 Å². The van der Waals surface area contributed by atoms with Gasteiger partial charge >= 0.3 is 0 Å². The predicted octanol–water partition coefficient (Wildman–Crippen LogP) is 3.83. The first kappa shape index (κ1) is 16.9. The molecular formula is C16H25BrN4OSi. The molecule has 0 bridgehead atoms. The van der Waals surface area contributed by atoms with Crippen LogP contribution in [0.2, 0.25) is 25.7 Å². The largest absolute Gasteiger partial charge is 0.361 e. The number of hydrogen-bond donors (Lipinski definition) is 1. The van der Waals surface area contributed by atoms with E-state index in [0.717, 1.165) is 47.6 Å². The van der Waals surface area contributed by atoms with E-state index in [-0.39, 0.29) is 0 Å². The minimum absolute atomic E-state index is 0.552. The number of imidazole rings is 1. The number of hydrazine groups is 1. The SMILES string of the molecule is C[Si](C)(C)CCOCn1c(N2CCCN2)nc2cc(Br)ccc21. The zero-order valence-corrected chi connectivity index (χ0v) is 16.7. The van der Waals surface area contributed by atoms with Crippen LogP contribution >= 0.6 is 15.9 Å². The van der Waals surface area contributed by atoms with Gasteiger partial charge in [-0.25, -0.2) is 10.4 Å². The Morgan fingerprint density at radius 2 is 2.17 bits per heavy atom. The first-order chi connectivity index (χ1) is 10.9. The molecular weight excluding hydrogens is 372 g/mol. The first-order valence-corrected chi connectivity index (χ1v) is 12.7. The molecule has 23 heavy (non-hydrogen) atoms. The van der Waals surface area contributed by atoms with E-state index in [1.807, 2.05) is 0 Å². The van der Waals surface area contributed by atoms with Crippen molar-refractivity contribution in [2.45, 2.75) is 38.8 Å². The topological polar surface area (TPSA) is 42.3 Å². The molecule has 1 N–H and O–H groups in total. The molecule has 0 atom stereocenters. The third kappa shape index (κ3) is 4.15. The number of hydrogen-bond acceptors (Lipinski definition) is 4. The van der Waals surface area contributed by atoms with Crippen LogP contribution in [0.3, 0.4) is 0 Å². The molecule has 1 saturated heterocycles. The average Bonchev–Trinajstić information content (AvgIpc) is 3.09. The van der Waals surface area contributed by atoms with Gasteiger partial charge in [0.25, 0.3) is 0 Å². The van der Waals surface area contributed by atoms with E-state index < -0.39 is 8.07 Å². The van der Waals surface area contributed by atoms with Crippen molar-refractivity contribution in [2.75, 3.05) is 24.7 Å². The van der Waals surface area contributed by atoms with Gasteiger partial charge < -0.3 is 4.74 Å². The number of ether oxygens (including phenoxy) is 1. The maximum Gasteiger partial charge on any atom is 0.223 e. The number of fused-ring (bicyclic) bond motifs is 1. The van der Waals surface area contributed by atoms with Gasteiger partial charge in [-0.2, -0.15) is 0 Å². The summed E-state index contributed by atoms with van der Waals surface area (Å²) in [6, 6.07) is 7.41. The number of benzene rings is 1. The lowest BCUT2D eigenvalue weighted by Gasteiger charge is -2.20. The molecule has 2 heterocycles. The van der Waals surface area contributed by atoms with Crippen molar-refractivity contribution in [3.8, 4) is 0 Å². The summed E-state index contributed by atoms with van der Waals surface area (Å²) in [4.78, 5) is 4.81. The van der Waals surface area contributed by atoms with Gasteiger partial charge in [0, 0.05) is 32.2 Å². The Morgan fingerprint density at radius 1 is 1.35 bits per heavy atom. The highest BCUT2D eigenvalue weighted by Gasteiger charge is 2.20. The third-order valence-electron chi connectivity index (χ3n) is 4.01. The van der Waals surface area contributed by atoms with Crippen LogP contribution in [0.4, 0.5) is 5.95 Å². The quantitative estimate of drug-likeness (QED) is 0.594. The molecule has 0 spiro atoms. The van der Waals surface area contributed by atoms with Crippen molar-refractivity contribution in [2.24, 2.45) is 0 Å². The van der Waals surface area contributed by atoms with Crippen LogP contribution in [0.15, 0.2) is 22.7 Å². The maximum absolute atomic E-state index is 5.98. The fourth-order valence-electron chi connectivity index (χ4n) is 2.66. The van der Waals surface area contributed by atoms with Crippen LogP contribution in [0.5, 0.6) is 0 Å². The maximum atomic E-state index is 5.98. The second-order valence-electron chi connectivity index (χ2n) is 7.23. The number of anilines is 1. The van der Waals surface area contributed by atoms with Gasteiger partial charge in [-0.1, -0.05) is 35.6 Å². The first-order valence-electron chi connectivity index (χ1n) is 8.19. The Labute approximate surface area is 147 Å². The fourth-order valence-corrected chi connectivity index (χ4v) is 3.76. The van der Waals surface area contributed by atoms with Crippen molar-refractivity contribution in [1.82, 2.24) is 15.0 Å². The molecule has 1 aromatic carbocycles. The fraction of sp³-hybridized carbons (Fsp3) is 0.562. The number of rotatable bonds is 6. The van der Waals surface area contributed by atoms with E-state index >= 15 is 0 Å². The normalized spacial score (nSPS) is 15.7. The highest BCUT2D eigenvalue weighted by molar-refractivity contribution is 9.10. The summed E-state index contributed by atoms with van der Waals surface area (Å²) < 4.78 is 9.21. The minimum Gasteiger partial charge on any atom is -0.361 e. The second-order valence-corrected chi connectivity index (χ2v) is 13.8. The Kier molecular flexibility index (Phi) is 5.10. The molecule has 0 amide bonds. The van der Waals surface area contributed by atoms with Gasteiger partial charge in [-0.3, -0.25) is 9.58 Å². The summed E-state index contributed by atoms with van der Waals surface area (Å²) >= 11 is 3.53. The van der Waals surface area contributed by atoms with Crippen molar-refractivity contribution in [3.05, 3.63) is 22.7 Å². The highest BCUT2D eigenvalue weighted by Crippen LogP contribution is 2.26. The second kappa shape index (κ2) is 6.92. The van der Waals surface area contributed by atoms with Crippen LogP contribution in [0, 0.1) is 0 Å². The van der Waals surface area contributed by atoms with E-state index in [0.29, 0.717) is 6.73 Å². The van der Waals surface area contributed by atoms with Gasteiger partial charge in [0.05, 0.1) is 11.0 Å². The number of nitrogens with one attached hydrogen (secondary N) is 1. The van der Waals surface area contributed by atoms with E-state index in [1.165, 1.54) is 6.04 Å². The molecule has 5 nitrogen and oxygen atoms in total. The summed E-state index contributed by atoms with van der Waals surface area (Å²) in [5, 5.41) is 2.13. The van der Waals surface area contributed by atoms with Crippen LogP contribution < -0.4 is 10.4 Å². The summed E-state index contributed by atoms with van der Waals surface area (Å²) in [6.07, 6.45) is 1.14. The molecule has 7 heteroatoms. The lowest BCUT2D eigenvalue weighted by atomic mass is 10.3. The lowest BCUT2D eigenvalue weighted by Crippen LogP contribution is -2.33. The Hall–Kier alpha value is -0.893. The molecule has 1 aliphatic rings. The summed E-state index contributed by atoms with van der Waals surface area (Å²) in [7, 11) is -1.06. The number of nitrogens with zero attached hydrogens (tertiary/aromatic N) is 3. The van der Waals surface area contributed by atoms with Crippen LogP contribution in [0.1, 0.15) is 6.42 Å². The van der Waals surface area contributed by atoms with E-state index in [4.69, 9.17) is 9.72 Å². The van der Waals surface area contributed by atoms with Gasteiger partial charge in [0.15, 0.2) is 0 Å². The molecule has 1 aromatic heterocycles. The third-order valence-corrected chi connectivity index (χ3v) is 6.21. The van der Waals surface area contributed by atoms with Crippen LogP contribution in [-0.4, -0.2) is 37.3 Å². The molecule has 0 aliphatic carbocycles. The molecule has 1 fully saturated rings. The molecule has 3 rings (SSSR count). The molecule has 0 radical (unpaired) electrons. The van der Waals surface area contributed by atoms with Crippen molar-refractivity contribution < 1.29 is 4.74 Å². The van der Waals surface area contributed by atoms with Gasteiger partial charge in [0.2, 0.25) is 5.95 Å². The number of aromatic nitrogens is 2. The molecule has 1 aliphatic heterocycles. The minimum atomic E-state index is -1.06. The zero-order valence-electron chi connectivity index (χ0n) is 14.1. The highest BCUT2D eigenvalue weighted by atomic mass is 79.9. The molecule has 126 valence electrons. The summed E-state index contributed by atoms with van der Waals surface area (Å²) in [6.45, 7) is 10.5. The van der Waals surface area contributed by atoms with Crippen molar-refractivity contribution in [3.63, 3.8) is 0 Å². The van der Waals surface area contributed by atoms with E-state index in [2.05, 4.69) is 68.8 Å². The van der Waals surface area contributed by atoms with Crippen LogP contribution in [-0.2, 0) is 11.5 Å². The summed E-state index contributed by atoms with van der Waals surface area (Å²) in [5.41, 5.74) is 5.51. The summed E-state index contributed by atoms with van der Waals surface area (Å²) in [5.74, 6) is 0.948. The van der Waals surface area contributed by atoms with E-state index in [1.54, 1.807) is 0 Å². The standard InChI is InChI=1S/C16H25BrN4OSi/c1-23(2,3)10-9-22-12-20-15-6-5-13(17)11-14(15)19-16(20)21-8-4-7-18-21/h5-6,11,18H,4,7-10,12H2,1-3H3. The number of halogens is 1. The smallest absolute Gasteiger partial charge is 0.223 e. The van der Waals surface area contributed by atoms with Crippen molar-refractivity contribution in [1.29, 1.82) is 0 Å². The Bertz CT molecular complexity index is 677. The Balaban J connectivity index is 1.82. The molecule has 0 unspecified atom stereocenters.